The Bertz CT molecular complexity index is 1020. The van der Waals surface area contributed by atoms with Crippen LogP contribution in [0.5, 0.6) is 0 Å². The van der Waals surface area contributed by atoms with Gasteiger partial charge in [-0.3, -0.25) is 9.78 Å². The van der Waals surface area contributed by atoms with E-state index in [0.717, 1.165) is 53.6 Å². The van der Waals surface area contributed by atoms with Crippen molar-refractivity contribution >= 4 is 5.78 Å². The number of carbonyl (C=O) groups is 1. The zero-order chi connectivity index (χ0) is 21.0. The fourth-order valence-corrected chi connectivity index (χ4v) is 4.87. The minimum absolute atomic E-state index is 0.177. The largest absolute Gasteiger partial charge is 0.299 e. The number of pyridine rings is 1. The Hall–Kier alpha value is -2.81. The number of aryl methyl sites for hydroxylation is 1. The van der Waals surface area contributed by atoms with Crippen LogP contribution < -0.4 is 0 Å². The maximum absolute atomic E-state index is 14.6. The highest BCUT2D eigenvalue weighted by molar-refractivity contribution is 5.82. The number of aromatic nitrogens is 1. The third-order valence-electron chi connectivity index (χ3n) is 6.38. The van der Waals surface area contributed by atoms with Gasteiger partial charge in [0.1, 0.15) is 11.6 Å². The molecule has 0 spiro atoms. The van der Waals surface area contributed by atoms with Gasteiger partial charge in [-0.05, 0) is 60.2 Å². The highest BCUT2D eigenvalue weighted by Gasteiger charge is 2.37. The lowest BCUT2D eigenvalue weighted by Crippen LogP contribution is -2.33. The average Bonchev–Trinajstić information content (AvgIpc) is 2.75. The summed E-state index contributed by atoms with van der Waals surface area (Å²) in [6, 6.07) is 19.2. The van der Waals surface area contributed by atoms with E-state index in [4.69, 9.17) is 0 Å². The third-order valence-corrected chi connectivity index (χ3v) is 6.38. The van der Waals surface area contributed by atoms with Crippen LogP contribution >= 0.6 is 0 Å². The summed E-state index contributed by atoms with van der Waals surface area (Å²) in [7, 11) is 0. The van der Waals surface area contributed by atoms with Gasteiger partial charge in [-0.2, -0.15) is 0 Å². The first-order valence-electron chi connectivity index (χ1n) is 10.8. The van der Waals surface area contributed by atoms with E-state index in [-0.39, 0.29) is 17.0 Å². The molecule has 3 heteroatoms. The molecule has 2 nitrogen and oxygen atoms in total. The second-order valence-corrected chi connectivity index (χ2v) is 8.60. The Morgan fingerprint density at radius 1 is 0.967 bits per heavy atom. The molecule has 4 rings (SSSR count). The van der Waals surface area contributed by atoms with E-state index >= 15 is 0 Å². The monoisotopic (exact) mass is 401 g/mol. The van der Waals surface area contributed by atoms with Gasteiger partial charge in [0.15, 0.2) is 0 Å². The van der Waals surface area contributed by atoms with Gasteiger partial charge in [-0.15, -0.1) is 0 Å². The van der Waals surface area contributed by atoms with E-state index in [9.17, 15) is 9.18 Å². The van der Waals surface area contributed by atoms with Gasteiger partial charge >= 0.3 is 0 Å². The van der Waals surface area contributed by atoms with Gasteiger partial charge in [0, 0.05) is 30.1 Å². The van der Waals surface area contributed by atoms with Crippen molar-refractivity contribution in [2.45, 2.75) is 57.3 Å². The SMILES string of the molecule is Cc1cc(-c2ccc(CC(=O)CC3(c4ccccc4F)CCCCC3)cc2)ccn1. The zero-order valence-electron chi connectivity index (χ0n) is 17.5. The molecule has 0 atom stereocenters. The Kier molecular flexibility index (Phi) is 6.08. The molecule has 30 heavy (non-hydrogen) atoms. The van der Waals surface area contributed by atoms with Crippen LogP contribution in [-0.4, -0.2) is 10.8 Å². The fourth-order valence-electron chi connectivity index (χ4n) is 4.87. The molecule has 1 aliphatic rings. The molecule has 0 aliphatic heterocycles. The molecular formula is C27H28FNO. The topological polar surface area (TPSA) is 30.0 Å². The summed E-state index contributed by atoms with van der Waals surface area (Å²) in [6.07, 6.45) is 7.68. The highest BCUT2D eigenvalue weighted by Crippen LogP contribution is 2.43. The number of benzene rings is 2. The van der Waals surface area contributed by atoms with Crippen molar-refractivity contribution < 1.29 is 9.18 Å². The molecule has 1 heterocycles. The summed E-state index contributed by atoms with van der Waals surface area (Å²) in [5.41, 5.74) is 4.61. The molecule has 1 saturated carbocycles. The predicted octanol–water partition coefficient (Wildman–Crippen LogP) is 6.60. The molecular weight excluding hydrogens is 373 g/mol. The Morgan fingerprint density at radius 2 is 1.70 bits per heavy atom. The van der Waals surface area contributed by atoms with Crippen LogP contribution in [0.1, 0.15) is 55.3 Å². The first-order chi connectivity index (χ1) is 14.6. The van der Waals surface area contributed by atoms with E-state index in [1.807, 2.05) is 43.5 Å². The molecule has 3 aromatic rings. The van der Waals surface area contributed by atoms with Gasteiger partial charge in [0.05, 0.1) is 0 Å². The number of hydrogen-bond donors (Lipinski definition) is 0. The van der Waals surface area contributed by atoms with Crippen molar-refractivity contribution in [1.29, 1.82) is 0 Å². The van der Waals surface area contributed by atoms with Gasteiger partial charge in [0.25, 0.3) is 0 Å². The lowest BCUT2D eigenvalue weighted by molar-refractivity contribution is -0.120. The second-order valence-electron chi connectivity index (χ2n) is 8.60. The molecule has 0 saturated heterocycles. The Labute approximate surface area is 178 Å². The van der Waals surface area contributed by atoms with Gasteiger partial charge < -0.3 is 0 Å². The van der Waals surface area contributed by atoms with Crippen LogP contribution in [-0.2, 0) is 16.6 Å². The predicted molar refractivity (Wildman–Crippen MR) is 119 cm³/mol. The standard InChI is InChI=1S/C27H28FNO/c1-20-17-23(13-16-29-20)22-11-9-21(10-12-22)18-24(30)19-27(14-5-2-6-15-27)25-7-3-4-8-26(25)28/h3-4,7-13,16-17H,2,5-6,14-15,18-19H2,1H3. The van der Waals surface area contributed by atoms with Crippen LogP contribution in [0.25, 0.3) is 11.1 Å². The van der Waals surface area contributed by atoms with Crippen molar-refractivity contribution in [3.8, 4) is 11.1 Å². The zero-order valence-corrected chi connectivity index (χ0v) is 17.5. The van der Waals surface area contributed by atoms with Crippen molar-refractivity contribution in [3.05, 3.63) is 89.5 Å². The quantitative estimate of drug-likeness (QED) is 0.466. The maximum atomic E-state index is 14.6. The summed E-state index contributed by atoms with van der Waals surface area (Å²) in [6.45, 7) is 1.98. The molecule has 2 aromatic carbocycles. The lowest BCUT2D eigenvalue weighted by atomic mass is 9.66. The summed E-state index contributed by atoms with van der Waals surface area (Å²) >= 11 is 0. The van der Waals surface area contributed by atoms with Crippen molar-refractivity contribution in [2.24, 2.45) is 0 Å². The van der Waals surface area contributed by atoms with Crippen LogP contribution in [0.2, 0.25) is 0 Å². The number of ketones is 1. The minimum atomic E-state index is -0.352. The van der Waals surface area contributed by atoms with Gasteiger partial charge in [-0.25, -0.2) is 4.39 Å². The van der Waals surface area contributed by atoms with E-state index < -0.39 is 0 Å². The van der Waals surface area contributed by atoms with Crippen LogP contribution in [0.3, 0.4) is 0 Å². The number of rotatable bonds is 6. The maximum Gasteiger partial charge on any atom is 0.138 e. The molecule has 0 unspecified atom stereocenters. The third kappa shape index (κ3) is 4.51. The van der Waals surface area contributed by atoms with Gasteiger partial charge in [0.2, 0.25) is 0 Å². The summed E-state index contributed by atoms with van der Waals surface area (Å²) in [5.74, 6) is 0.0110. The molecule has 1 fully saturated rings. The fraction of sp³-hybridized carbons (Fsp3) is 0.333. The molecule has 0 bridgehead atoms. The van der Waals surface area contributed by atoms with Crippen LogP contribution in [0, 0.1) is 12.7 Å². The number of carbonyl (C=O) groups excluding carboxylic acids is 1. The van der Waals surface area contributed by atoms with Crippen molar-refractivity contribution in [1.82, 2.24) is 4.98 Å². The second kappa shape index (κ2) is 8.91. The Morgan fingerprint density at radius 3 is 2.40 bits per heavy atom. The smallest absolute Gasteiger partial charge is 0.138 e. The molecule has 0 amide bonds. The average molecular weight is 402 g/mol. The molecule has 1 aromatic heterocycles. The number of halogens is 1. The molecule has 0 N–H and O–H groups in total. The van der Waals surface area contributed by atoms with Crippen molar-refractivity contribution in [3.63, 3.8) is 0 Å². The van der Waals surface area contributed by atoms with Gasteiger partial charge in [-0.1, -0.05) is 61.7 Å². The molecule has 1 aliphatic carbocycles. The molecule has 0 radical (unpaired) electrons. The Balaban J connectivity index is 1.49. The summed E-state index contributed by atoms with van der Waals surface area (Å²) < 4.78 is 14.6. The normalized spacial score (nSPS) is 15.7. The summed E-state index contributed by atoms with van der Waals surface area (Å²) in [4.78, 5) is 17.3. The summed E-state index contributed by atoms with van der Waals surface area (Å²) in [5, 5.41) is 0. The van der Waals surface area contributed by atoms with E-state index in [1.54, 1.807) is 6.07 Å². The number of hydrogen-bond acceptors (Lipinski definition) is 2. The van der Waals surface area contributed by atoms with E-state index in [0.29, 0.717) is 12.8 Å². The van der Waals surface area contributed by atoms with Crippen LogP contribution in [0.4, 0.5) is 4.39 Å². The number of Topliss-reactive ketones (excluding diaryl/α,β-unsaturated/α-hetero) is 1. The molecule has 154 valence electrons. The first kappa shape index (κ1) is 20.5. The minimum Gasteiger partial charge on any atom is -0.299 e. The lowest BCUT2D eigenvalue weighted by Gasteiger charge is -2.37. The number of nitrogens with zero attached hydrogens (tertiary/aromatic N) is 1. The highest BCUT2D eigenvalue weighted by atomic mass is 19.1. The van der Waals surface area contributed by atoms with Crippen LogP contribution in [0.15, 0.2) is 66.9 Å². The van der Waals surface area contributed by atoms with Crippen molar-refractivity contribution in [2.75, 3.05) is 0 Å². The van der Waals surface area contributed by atoms with E-state index in [1.165, 1.54) is 12.5 Å². The van der Waals surface area contributed by atoms with E-state index in [2.05, 4.69) is 23.2 Å². The first-order valence-corrected chi connectivity index (χ1v) is 10.8.